The summed E-state index contributed by atoms with van der Waals surface area (Å²) >= 11 is 1.35. The van der Waals surface area contributed by atoms with Crippen molar-refractivity contribution < 1.29 is 4.79 Å². The summed E-state index contributed by atoms with van der Waals surface area (Å²) in [5.74, 6) is -0.0914. The number of nitriles is 1. The van der Waals surface area contributed by atoms with Gasteiger partial charge in [-0.05, 0) is 24.8 Å². The Labute approximate surface area is 92.7 Å². The Kier molecular flexibility index (Phi) is 4.28. The highest BCUT2D eigenvalue weighted by atomic mass is 32.1. The molecule has 0 spiro atoms. The molecule has 1 atom stereocenters. The lowest BCUT2D eigenvalue weighted by Crippen LogP contribution is -2.19. The van der Waals surface area contributed by atoms with E-state index in [9.17, 15) is 4.79 Å². The Morgan fingerprint density at radius 2 is 2.53 bits per heavy atom. The Morgan fingerprint density at radius 3 is 3.13 bits per heavy atom. The highest BCUT2D eigenvalue weighted by Crippen LogP contribution is 2.22. The van der Waals surface area contributed by atoms with Crippen LogP contribution >= 0.6 is 11.3 Å². The van der Waals surface area contributed by atoms with Crippen LogP contribution in [0.5, 0.6) is 0 Å². The van der Waals surface area contributed by atoms with Gasteiger partial charge in [0.15, 0.2) is 0 Å². The minimum Gasteiger partial charge on any atom is -0.328 e. The van der Waals surface area contributed by atoms with Gasteiger partial charge >= 0.3 is 0 Å². The Hall–Kier alpha value is -1.38. The number of carbonyl (C=O) groups is 1. The summed E-state index contributed by atoms with van der Waals surface area (Å²) < 4.78 is 0. The van der Waals surface area contributed by atoms with E-state index in [1.54, 1.807) is 11.4 Å². The van der Waals surface area contributed by atoms with Gasteiger partial charge in [0.05, 0.1) is 5.56 Å². The second-order valence-corrected chi connectivity index (χ2v) is 4.26. The molecule has 0 saturated carbocycles. The van der Waals surface area contributed by atoms with E-state index < -0.39 is 0 Å². The van der Waals surface area contributed by atoms with E-state index in [1.807, 2.05) is 13.0 Å². The van der Waals surface area contributed by atoms with Crippen molar-refractivity contribution in [3.63, 3.8) is 0 Å². The van der Waals surface area contributed by atoms with E-state index >= 15 is 0 Å². The molecule has 1 amide bonds. The van der Waals surface area contributed by atoms with E-state index in [0.29, 0.717) is 23.4 Å². The van der Waals surface area contributed by atoms with Crippen molar-refractivity contribution in [2.45, 2.75) is 25.8 Å². The molecule has 0 radical (unpaired) electrons. The second kappa shape index (κ2) is 5.49. The van der Waals surface area contributed by atoms with Crippen molar-refractivity contribution in [1.82, 2.24) is 0 Å². The third kappa shape index (κ3) is 3.70. The van der Waals surface area contributed by atoms with E-state index in [0.717, 1.165) is 0 Å². The van der Waals surface area contributed by atoms with E-state index in [2.05, 4.69) is 5.32 Å². The molecule has 0 saturated heterocycles. The number of amides is 1. The quantitative estimate of drug-likeness (QED) is 0.815. The van der Waals surface area contributed by atoms with Crippen LogP contribution in [0.2, 0.25) is 0 Å². The number of hydrogen-bond donors (Lipinski definition) is 2. The number of hydrogen-bond acceptors (Lipinski definition) is 4. The first-order valence-corrected chi connectivity index (χ1v) is 5.54. The molecule has 5 heteroatoms. The molecule has 15 heavy (non-hydrogen) atoms. The molecule has 0 aliphatic carbocycles. The summed E-state index contributed by atoms with van der Waals surface area (Å²) in [6.45, 7) is 1.86. The molecule has 0 fully saturated rings. The molecule has 1 unspecified atom stereocenters. The number of nitrogens with one attached hydrogen (secondary N) is 1. The molecule has 0 aromatic carbocycles. The van der Waals surface area contributed by atoms with Crippen LogP contribution in [0.1, 0.15) is 25.3 Å². The van der Waals surface area contributed by atoms with Gasteiger partial charge in [0, 0.05) is 12.5 Å². The number of carbonyl (C=O) groups excluding carboxylic acids is 1. The van der Waals surface area contributed by atoms with Crippen LogP contribution in [0.3, 0.4) is 0 Å². The fourth-order valence-electron chi connectivity index (χ4n) is 1.04. The standard InChI is InChI=1S/C10H13N3OS/c1-7(12)2-3-9(14)13-10-8(6-11)4-5-15-10/h4-5,7H,2-3,12H2,1H3,(H,13,14). The Morgan fingerprint density at radius 1 is 1.80 bits per heavy atom. The molecule has 80 valence electrons. The van der Waals surface area contributed by atoms with Crippen LogP contribution < -0.4 is 11.1 Å². The summed E-state index contributed by atoms with van der Waals surface area (Å²) in [6.07, 6.45) is 1.04. The lowest BCUT2D eigenvalue weighted by Gasteiger charge is -2.05. The molecule has 3 N–H and O–H groups in total. The summed E-state index contributed by atoms with van der Waals surface area (Å²) in [4.78, 5) is 11.4. The Bertz CT molecular complexity index is 378. The van der Waals surface area contributed by atoms with Gasteiger partial charge in [-0.3, -0.25) is 4.79 Å². The van der Waals surface area contributed by atoms with Gasteiger partial charge in [0.25, 0.3) is 0 Å². The molecule has 1 aromatic rings. The lowest BCUT2D eigenvalue weighted by atomic mass is 10.2. The first-order valence-electron chi connectivity index (χ1n) is 4.66. The van der Waals surface area contributed by atoms with Gasteiger partial charge in [-0.1, -0.05) is 0 Å². The largest absolute Gasteiger partial charge is 0.328 e. The second-order valence-electron chi connectivity index (χ2n) is 3.34. The first kappa shape index (κ1) is 11.7. The van der Waals surface area contributed by atoms with Crippen LogP contribution in [0.4, 0.5) is 5.00 Å². The van der Waals surface area contributed by atoms with Crippen molar-refractivity contribution in [3.05, 3.63) is 17.0 Å². The van der Waals surface area contributed by atoms with Crippen LogP contribution in [0, 0.1) is 11.3 Å². The van der Waals surface area contributed by atoms with Gasteiger partial charge in [-0.15, -0.1) is 11.3 Å². The summed E-state index contributed by atoms with van der Waals surface area (Å²) in [5.41, 5.74) is 6.05. The van der Waals surface area contributed by atoms with Crippen molar-refractivity contribution in [2.75, 3.05) is 5.32 Å². The van der Waals surface area contributed by atoms with Crippen LogP contribution in [0.15, 0.2) is 11.4 Å². The zero-order valence-corrected chi connectivity index (χ0v) is 9.30. The number of nitrogens with zero attached hydrogens (tertiary/aromatic N) is 1. The van der Waals surface area contributed by atoms with Crippen molar-refractivity contribution in [3.8, 4) is 6.07 Å². The molecule has 0 aliphatic heterocycles. The van der Waals surface area contributed by atoms with E-state index in [-0.39, 0.29) is 11.9 Å². The fraction of sp³-hybridized carbons (Fsp3) is 0.400. The lowest BCUT2D eigenvalue weighted by molar-refractivity contribution is -0.116. The molecule has 1 aromatic heterocycles. The highest BCUT2D eigenvalue weighted by Gasteiger charge is 2.08. The van der Waals surface area contributed by atoms with E-state index in [1.165, 1.54) is 11.3 Å². The molecule has 1 heterocycles. The number of nitrogens with two attached hydrogens (primary N) is 1. The van der Waals surface area contributed by atoms with Crippen LogP contribution in [0.25, 0.3) is 0 Å². The zero-order chi connectivity index (χ0) is 11.3. The van der Waals surface area contributed by atoms with E-state index in [4.69, 9.17) is 11.0 Å². The van der Waals surface area contributed by atoms with Gasteiger partial charge < -0.3 is 11.1 Å². The highest BCUT2D eigenvalue weighted by molar-refractivity contribution is 7.14. The summed E-state index contributed by atoms with van der Waals surface area (Å²) in [7, 11) is 0. The maximum Gasteiger partial charge on any atom is 0.225 e. The Balaban J connectivity index is 2.49. The van der Waals surface area contributed by atoms with Gasteiger partial charge in [0.1, 0.15) is 11.1 Å². The average molecular weight is 223 g/mol. The fourth-order valence-corrected chi connectivity index (χ4v) is 1.80. The molecule has 0 aliphatic rings. The SMILES string of the molecule is CC(N)CCC(=O)Nc1sccc1C#N. The average Bonchev–Trinajstić information content (AvgIpc) is 2.62. The van der Waals surface area contributed by atoms with Gasteiger partial charge in [0.2, 0.25) is 5.91 Å². The smallest absolute Gasteiger partial charge is 0.225 e. The molecule has 0 bridgehead atoms. The topological polar surface area (TPSA) is 78.9 Å². The van der Waals surface area contributed by atoms with Crippen molar-refractivity contribution in [1.29, 1.82) is 5.26 Å². The van der Waals surface area contributed by atoms with Crippen LogP contribution in [-0.4, -0.2) is 11.9 Å². The monoisotopic (exact) mass is 223 g/mol. The third-order valence-electron chi connectivity index (χ3n) is 1.87. The summed E-state index contributed by atoms with van der Waals surface area (Å²) in [5, 5.41) is 13.8. The van der Waals surface area contributed by atoms with Gasteiger partial charge in [-0.2, -0.15) is 5.26 Å². The maximum atomic E-state index is 11.4. The first-order chi connectivity index (χ1) is 7.13. The molecule has 4 nitrogen and oxygen atoms in total. The molecule has 1 rings (SSSR count). The normalized spacial score (nSPS) is 11.8. The number of rotatable bonds is 4. The number of thiophene rings is 1. The predicted octanol–water partition coefficient (Wildman–Crippen LogP) is 1.69. The zero-order valence-electron chi connectivity index (χ0n) is 8.49. The maximum absolute atomic E-state index is 11.4. The van der Waals surface area contributed by atoms with Gasteiger partial charge in [-0.25, -0.2) is 0 Å². The third-order valence-corrected chi connectivity index (χ3v) is 2.70. The van der Waals surface area contributed by atoms with Crippen molar-refractivity contribution >= 4 is 22.2 Å². The predicted molar refractivity (Wildman–Crippen MR) is 60.5 cm³/mol. The minimum atomic E-state index is -0.0914. The number of anilines is 1. The minimum absolute atomic E-state index is 0.0227. The van der Waals surface area contributed by atoms with Crippen molar-refractivity contribution in [2.24, 2.45) is 5.73 Å². The van der Waals surface area contributed by atoms with Crippen LogP contribution in [-0.2, 0) is 4.79 Å². The summed E-state index contributed by atoms with van der Waals surface area (Å²) in [6, 6.07) is 3.73. The molecular weight excluding hydrogens is 210 g/mol. The molecular formula is C10H13N3OS.